The number of nitrogens with zero attached hydrogens (tertiary/aromatic N) is 2. The quantitative estimate of drug-likeness (QED) is 0.779. The molecule has 1 unspecified atom stereocenters. The average Bonchev–Trinajstić information content (AvgIpc) is 3.25. The van der Waals surface area contributed by atoms with Crippen LogP contribution in [0.1, 0.15) is 25.3 Å². The van der Waals surface area contributed by atoms with Crippen LogP contribution in [0, 0.1) is 5.92 Å². The molecule has 1 N–H and O–H groups in total. The van der Waals surface area contributed by atoms with Crippen LogP contribution >= 0.6 is 0 Å². The van der Waals surface area contributed by atoms with Crippen LogP contribution in [0.5, 0.6) is 0 Å². The summed E-state index contributed by atoms with van der Waals surface area (Å²) < 4.78 is 5.27. The minimum Gasteiger partial charge on any atom is -0.383 e. The first kappa shape index (κ1) is 14.3. The van der Waals surface area contributed by atoms with Gasteiger partial charge in [-0.15, -0.1) is 0 Å². The molecule has 1 heterocycles. The molecular formula is C15H25N3O. The van der Waals surface area contributed by atoms with Crippen LogP contribution in [0.3, 0.4) is 0 Å². The molecule has 1 fully saturated rings. The van der Waals surface area contributed by atoms with Gasteiger partial charge in [-0.25, -0.2) is 0 Å². The minimum atomic E-state index is 0.577. The molecule has 4 heteroatoms. The molecule has 0 aliphatic heterocycles. The molecule has 1 aliphatic carbocycles. The molecule has 1 aromatic heterocycles. The molecule has 19 heavy (non-hydrogen) atoms. The van der Waals surface area contributed by atoms with Crippen LogP contribution in [0.15, 0.2) is 18.5 Å². The molecule has 0 bridgehead atoms. The monoisotopic (exact) mass is 263 g/mol. The van der Waals surface area contributed by atoms with Crippen molar-refractivity contribution in [2.45, 2.75) is 32.4 Å². The SMILES string of the molecule is CNCc1cnccc1N(CCOC)C(C)C1CC1. The lowest BCUT2D eigenvalue weighted by atomic mass is 10.1. The molecule has 0 amide bonds. The van der Waals surface area contributed by atoms with Crippen molar-refractivity contribution in [2.24, 2.45) is 5.92 Å². The predicted octanol–water partition coefficient (Wildman–Crippen LogP) is 2.05. The van der Waals surface area contributed by atoms with E-state index in [2.05, 4.69) is 28.2 Å². The fourth-order valence-electron chi connectivity index (χ4n) is 2.59. The summed E-state index contributed by atoms with van der Waals surface area (Å²) in [7, 11) is 3.74. The number of pyridine rings is 1. The molecule has 4 nitrogen and oxygen atoms in total. The highest BCUT2D eigenvalue weighted by Crippen LogP contribution is 2.37. The van der Waals surface area contributed by atoms with Crippen molar-refractivity contribution in [3.05, 3.63) is 24.0 Å². The lowest BCUT2D eigenvalue weighted by Crippen LogP contribution is -2.38. The Bertz CT molecular complexity index is 393. The number of nitrogens with one attached hydrogen (secondary N) is 1. The predicted molar refractivity (Wildman–Crippen MR) is 78.4 cm³/mol. The highest BCUT2D eigenvalue weighted by molar-refractivity contribution is 5.53. The number of hydrogen-bond donors (Lipinski definition) is 1. The largest absolute Gasteiger partial charge is 0.383 e. The summed E-state index contributed by atoms with van der Waals surface area (Å²) >= 11 is 0. The molecule has 1 saturated carbocycles. The van der Waals surface area contributed by atoms with Crippen molar-refractivity contribution in [1.29, 1.82) is 0 Å². The Hall–Kier alpha value is -1.13. The van der Waals surface area contributed by atoms with Crippen LogP contribution in [0.4, 0.5) is 5.69 Å². The summed E-state index contributed by atoms with van der Waals surface area (Å²) in [6.07, 6.45) is 6.56. The van der Waals surface area contributed by atoms with Crippen molar-refractivity contribution in [3.8, 4) is 0 Å². The van der Waals surface area contributed by atoms with Gasteiger partial charge >= 0.3 is 0 Å². The van der Waals surface area contributed by atoms with E-state index in [1.54, 1.807) is 7.11 Å². The van der Waals surface area contributed by atoms with E-state index in [0.717, 1.165) is 25.6 Å². The van der Waals surface area contributed by atoms with Gasteiger partial charge < -0.3 is 15.0 Å². The highest BCUT2D eigenvalue weighted by atomic mass is 16.5. The van der Waals surface area contributed by atoms with Crippen LogP contribution in [0.25, 0.3) is 0 Å². The number of rotatable bonds is 8. The fraction of sp³-hybridized carbons (Fsp3) is 0.667. The molecule has 0 spiro atoms. The summed E-state index contributed by atoms with van der Waals surface area (Å²) in [4.78, 5) is 6.73. The number of aromatic nitrogens is 1. The van der Waals surface area contributed by atoms with Crippen LogP contribution in [-0.2, 0) is 11.3 Å². The minimum absolute atomic E-state index is 0.577. The van der Waals surface area contributed by atoms with E-state index in [1.165, 1.54) is 24.1 Å². The van der Waals surface area contributed by atoms with E-state index in [9.17, 15) is 0 Å². The van der Waals surface area contributed by atoms with Gasteiger partial charge in [0.05, 0.1) is 6.61 Å². The van der Waals surface area contributed by atoms with E-state index in [0.29, 0.717) is 6.04 Å². The van der Waals surface area contributed by atoms with E-state index in [1.807, 2.05) is 19.4 Å². The van der Waals surface area contributed by atoms with Gasteiger partial charge in [0.1, 0.15) is 0 Å². The van der Waals surface area contributed by atoms with E-state index >= 15 is 0 Å². The topological polar surface area (TPSA) is 37.4 Å². The third-order valence-electron chi connectivity index (χ3n) is 3.89. The van der Waals surface area contributed by atoms with E-state index in [-0.39, 0.29) is 0 Å². The first-order valence-electron chi connectivity index (χ1n) is 7.11. The smallest absolute Gasteiger partial charge is 0.0637 e. The molecule has 1 aromatic rings. The lowest BCUT2D eigenvalue weighted by Gasteiger charge is -2.33. The maximum absolute atomic E-state index is 5.27. The van der Waals surface area contributed by atoms with Gasteiger partial charge in [0.15, 0.2) is 0 Å². The van der Waals surface area contributed by atoms with Gasteiger partial charge in [-0.2, -0.15) is 0 Å². The summed E-state index contributed by atoms with van der Waals surface area (Å²) in [6, 6.07) is 2.70. The standard InChI is InChI=1S/C15H25N3O/c1-12(13-4-5-13)18(8-9-19-3)15-6-7-17-11-14(15)10-16-2/h6-7,11-13,16H,4-5,8-10H2,1-3H3. The molecule has 106 valence electrons. The summed E-state index contributed by atoms with van der Waals surface area (Å²) in [5.41, 5.74) is 2.55. The summed E-state index contributed by atoms with van der Waals surface area (Å²) in [5.74, 6) is 0.840. The lowest BCUT2D eigenvalue weighted by molar-refractivity contribution is 0.202. The van der Waals surface area contributed by atoms with Crippen molar-refractivity contribution in [2.75, 3.05) is 32.2 Å². The second-order valence-electron chi connectivity index (χ2n) is 5.30. The van der Waals surface area contributed by atoms with Gasteiger partial charge in [0, 0.05) is 49.9 Å². The van der Waals surface area contributed by atoms with Crippen molar-refractivity contribution in [1.82, 2.24) is 10.3 Å². The maximum atomic E-state index is 5.27. The third kappa shape index (κ3) is 3.67. The molecule has 0 radical (unpaired) electrons. The zero-order chi connectivity index (χ0) is 13.7. The third-order valence-corrected chi connectivity index (χ3v) is 3.89. The number of hydrogen-bond acceptors (Lipinski definition) is 4. The Balaban J connectivity index is 2.20. The number of anilines is 1. The second-order valence-corrected chi connectivity index (χ2v) is 5.30. The van der Waals surface area contributed by atoms with Gasteiger partial charge in [-0.05, 0) is 38.8 Å². The van der Waals surface area contributed by atoms with Crippen molar-refractivity contribution in [3.63, 3.8) is 0 Å². The van der Waals surface area contributed by atoms with Gasteiger partial charge in [0.25, 0.3) is 0 Å². The zero-order valence-electron chi connectivity index (χ0n) is 12.2. The number of methoxy groups -OCH3 is 1. The van der Waals surface area contributed by atoms with E-state index < -0.39 is 0 Å². The average molecular weight is 263 g/mol. The van der Waals surface area contributed by atoms with Gasteiger partial charge in [0.2, 0.25) is 0 Å². The first-order valence-corrected chi connectivity index (χ1v) is 7.11. The molecular weight excluding hydrogens is 238 g/mol. The van der Waals surface area contributed by atoms with Gasteiger partial charge in [-0.3, -0.25) is 4.98 Å². The maximum Gasteiger partial charge on any atom is 0.0637 e. The van der Waals surface area contributed by atoms with E-state index in [4.69, 9.17) is 4.74 Å². The highest BCUT2D eigenvalue weighted by Gasteiger charge is 2.32. The number of ether oxygens (including phenoxy) is 1. The summed E-state index contributed by atoms with van der Waals surface area (Å²) in [6.45, 7) is 4.88. The Morgan fingerprint density at radius 1 is 1.53 bits per heavy atom. The summed E-state index contributed by atoms with van der Waals surface area (Å²) in [5, 5.41) is 3.22. The van der Waals surface area contributed by atoms with Crippen LogP contribution < -0.4 is 10.2 Å². The zero-order valence-corrected chi connectivity index (χ0v) is 12.2. The Labute approximate surface area is 116 Å². The molecule has 1 aliphatic rings. The Morgan fingerprint density at radius 2 is 2.32 bits per heavy atom. The molecule has 0 saturated heterocycles. The first-order chi connectivity index (χ1) is 9.27. The normalized spacial score (nSPS) is 16.4. The van der Waals surface area contributed by atoms with Crippen molar-refractivity contribution >= 4 is 5.69 Å². The Kier molecular flexibility index (Phi) is 5.16. The molecule has 1 atom stereocenters. The van der Waals surface area contributed by atoms with Crippen LogP contribution in [-0.4, -0.2) is 38.3 Å². The second kappa shape index (κ2) is 6.87. The fourth-order valence-corrected chi connectivity index (χ4v) is 2.59. The Morgan fingerprint density at radius 3 is 2.95 bits per heavy atom. The molecule has 0 aromatic carbocycles. The van der Waals surface area contributed by atoms with Crippen LogP contribution in [0.2, 0.25) is 0 Å². The van der Waals surface area contributed by atoms with Gasteiger partial charge in [-0.1, -0.05) is 0 Å². The molecule has 2 rings (SSSR count). The van der Waals surface area contributed by atoms with Crippen molar-refractivity contribution < 1.29 is 4.74 Å².